The molecule has 4 aromatic rings. The van der Waals surface area contributed by atoms with Gasteiger partial charge < -0.3 is 4.90 Å². The molecule has 206 valence electrons. The Labute approximate surface area is 236 Å². The molecule has 2 heterocycles. The molecule has 1 aliphatic heterocycles. The third kappa shape index (κ3) is 5.77. The first kappa shape index (κ1) is 27.2. The van der Waals surface area contributed by atoms with Crippen molar-refractivity contribution in [1.82, 2.24) is 9.78 Å². The summed E-state index contributed by atoms with van der Waals surface area (Å²) in [6.07, 6.45) is 3.73. The highest BCUT2D eigenvalue weighted by atomic mass is 35.5. The molecule has 3 aromatic carbocycles. The van der Waals surface area contributed by atoms with E-state index in [1.165, 1.54) is 24.3 Å². The third-order valence-corrected chi connectivity index (χ3v) is 8.03. The maximum absolute atomic E-state index is 12.9. The summed E-state index contributed by atoms with van der Waals surface area (Å²) in [5.41, 5.74) is 5.00. The number of sulfonamides is 1. The number of rotatable bonds is 9. The minimum Gasteiger partial charge on any atom is -0.356 e. The fourth-order valence-electron chi connectivity index (χ4n) is 4.52. The number of nitro groups is 1. The summed E-state index contributed by atoms with van der Waals surface area (Å²) < 4.78 is 30.0. The van der Waals surface area contributed by atoms with E-state index in [1.54, 1.807) is 18.3 Å². The van der Waals surface area contributed by atoms with Gasteiger partial charge in [-0.15, -0.1) is 0 Å². The predicted octanol–water partition coefficient (Wildman–Crippen LogP) is 5.59. The summed E-state index contributed by atoms with van der Waals surface area (Å²) in [5, 5.41) is 21.2. The Morgan fingerprint density at radius 2 is 1.80 bits per heavy atom. The van der Waals surface area contributed by atoms with Gasteiger partial charge in [0.15, 0.2) is 0 Å². The quantitative estimate of drug-likeness (QED) is 0.150. The monoisotopic (exact) mass is 579 g/mol. The molecule has 2 N–H and O–H groups in total. The first-order chi connectivity index (χ1) is 19.2. The van der Waals surface area contributed by atoms with Gasteiger partial charge in [-0.25, -0.2) is 13.1 Å². The van der Waals surface area contributed by atoms with Crippen LogP contribution in [0.2, 0.25) is 5.02 Å². The standard InChI is InChI=1S/C27H26ClN7O4S/c1-19-24(27(33-14-5-6-15-33)34(31-19)22-10-3-2-4-11-22)18-29-30-25-13-12-23(17-26(25)35(36)37)40(38,39)32-21-9-7-8-20(28)16-21/h2-4,7-13,16-18,30,32H,5-6,14-15H2,1H3/b29-18+. The SMILES string of the molecule is Cc1nn(-c2ccccc2)c(N2CCCC2)c1/C=N/Nc1ccc(S(=O)(=O)Nc2cccc(Cl)c2)cc1[N+](=O)[O-]. The summed E-state index contributed by atoms with van der Waals surface area (Å²) in [6.45, 7) is 3.66. The van der Waals surface area contributed by atoms with Crippen LogP contribution in [0.15, 0.2) is 82.8 Å². The lowest BCUT2D eigenvalue weighted by molar-refractivity contribution is -0.384. The lowest BCUT2D eigenvalue weighted by atomic mass is 10.2. The minimum absolute atomic E-state index is 0.0405. The van der Waals surface area contributed by atoms with Crippen LogP contribution in [-0.4, -0.2) is 42.4 Å². The zero-order valence-electron chi connectivity index (χ0n) is 21.5. The van der Waals surface area contributed by atoms with E-state index in [1.807, 2.05) is 41.9 Å². The maximum Gasteiger partial charge on any atom is 0.295 e. The highest BCUT2D eigenvalue weighted by Crippen LogP contribution is 2.31. The Hall–Kier alpha value is -4.42. The van der Waals surface area contributed by atoms with Crippen molar-refractivity contribution in [3.8, 4) is 5.69 Å². The number of nitrogens with zero attached hydrogens (tertiary/aromatic N) is 5. The molecular weight excluding hydrogens is 554 g/mol. The zero-order chi connectivity index (χ0) is 28.3. The second-order valence-corrected chi connectivity index (χ2v) is 11.3. The van der Waals surface area contributed by atoms with Gasteiger partial charge in [-0.05, 0) is 62.2 Å². The van der Waals surface area contributed by atoms with Crippen LogP contribution in [-0.2, 0) is 10.0 Å². The second-order valence-electron chi connectivity index (χ2n) is 9.19. The van der Waals surface area contributed by atoms with E-state index in [0.29, 0.717) is 5.02 Å². The second kappa shape index (κ2) is 11.4. The third-order valence-electron chi connectivity index (χ3n) is 6.42. The van der Waals surface area contributed by atoms with Gasteiger partial charge in [0.1, 0.15) is 11.5 Å². The number of halogens is 1. The van der Waals surface area contributed by atoms with Crippen LogP contribution in [0.3, 0.4) is 0 Å². The first-order valence-corrected chi connectivity index (χ1v) is 14.3. The number of hydrogen-bond acceptors (Lipinski definition) is 8. The van der Waals surface area contributed by atoms with Crippen molar-refractivity contribution in [2.75, 3.05) is 28.1 Å². The van der Waals surface area contributed by atoms with Gasteiger partial charge >= 0.3 is 0 Å². The molecule has 0 spiro atoms. The van der Waals surface area contributed by atoms with Crippen LogP contribution in [0.5, 0.6) is 0 Å². The molecule has 0 unspecified atom stereocenters. The Bertz CT molecular complexity index is 1680. The number of hydrogen-bond donors (Lipinski definition) is 2. The number of nitrogens with one attached hydrogen (secondary N) is 2. The summed E-state index contributed by atoms with van der Waals surface area (Å²) >= 11 is 5.94. The van der Waals surface area contributed by atoms with Crippen molar-refractivity contribution in [3.05, 3.63) is 99.2 Å². The number of aromatic nitrogens is 2. The van der Waals surface area contributed by atoms with Crippen molar-refractivity contribution in [2.45, 2.75) is 24.7 Å². The Morgan fingerprint density at radius 1 is 1.05 bits per heavy atom. The van der Waals surface area contributed by atoms with Crippen LogP contribution >= 0.6 is 11.6 Å². The van der Waals surface area contributed by atoms with Gasteiger partial charge in [-0.3, -0.25) is 20.3 Å². The maximum atomic E-state index is 12.9. The van der Waals surface area contributed by atoms with Crippen molar-refractivity contribution in [3.63, 3.8) is 0 Å². The molecule has 11 nitrogen and oxygen atoms in total. The molecule has 13 heteroatoms. The Morgan fingerprint density at radius 3 is 2.50 bits per heavy atom. The normalized spacial score (nSPS) is 13.6. The molecular formula is C27H26ClN7O4S. The van der Waals surface area contributed by atoms with E-state index < -0.39 is 20.6 Å². The van der Waals surface area contributed by atoms with E-state index in [9.17, 15) is 18.5 Å². The van der Waals surface area contributed by atoms with Crippen molar-refractivity contribution < 1.29 is 13.3 Å². The van der Waals surface area contributed by atoms with Crippen LogP contribution in [0.4, 0.5) is 22.9 Å². The van der Waals surface area contributed by atoms with Gasteiger partial charge in [0, 0.05) is 24.2 Å². The van der Waals surface area contributed by atoms with Gasteiger partial charge in [-0.2, -0.15) is 10.2 Å². The van der Waals surface area contributed by atoms with E-state index in [2.05, 4.69) is 20.1 Å². The number of aryl methyl sites for hydroxylation is 1. The molecule has 0 bridgehead atoms. The van der Waals surface area contributed by atoms with Crippen LogP contribution < -0.4 is 15.0 Å². The van der Waals surface area contributed by atoms with Crippen molar-refractivity contribution >= 4 is 50.7 Å². The molecule has 1 saturated heterocycles. The summed E-state index contributed by atoms with van der Waals surface area (Å²) in [4.78, 5) is 13.2. The lowest BCUT2D eigenvalue weighted by Crippen LogP contribution is -2.22. The van der Waals surface area contributed by atoms with Crippen molar-refractivity contribution in [1.29, 1.82) is 0 Å². The number of hydrazone groups is 1. The highest BCUT2D eigenvalue weighted by Gasteiger charge is 2.24. The largest absolute Gasteiger partial charge is 0.356 e. The molecule has 0 atom stereocenters. The van der Waals surface area contributed by atoms with Crippen LogP contribution in [0.1, 0.15) is 24.1 Å². The summed E-state index contributed by atoms with van der Waals surface area (Å²) in [6, 6.07) is 19.5. The predicted molar refractivity (Wildman–Crippen MR) is 156 cm³/mol. The average Bonchev–Trinajstić information content (AvgIpc) is 3.57. The highest BCUT2D eigenvalue weighted by molar-refractivity contribution is 7.92. The first-order valence-electron chi connectivity index (χ1n) is 12.5. The molecule has 5 rings (SSSR count). The molecule has 0 radical (unpaired) electrons. The molecule has 0 saturated carbocycles. The molecule has 1 aliphatic rings. The summed E-state index contributed by atoms with van der Waals surface area (Å²) in [7, 11) is -4.11. The number of anilines is 3. The summed E-state index contributed by atoms with van der Waals surface area (Å²) in [5.74, 6) is 0.898. The fourth-order valence-corrected chi connectivity index (χ4v) is 5.78. The number of para-hydroxylation sites is 1. The topological polar surface area (TPSA) is 135 Å². The molecule has 0 aliphatic carbocycles. The van der Waals surface area contributed by atoms with Crippen molar-refractivity contribution in [2.24, 2.45) is 5.10 Å². The van der Waals surface area contributed by atoms with E-state index in [0.717, 1.165) is 54.8 Å². The average molecular weight is 580 g/mol. The molecule has 40 heavy (non-hydrogen) atoms. The van der Waals surface area contributed by atoms with Gasteiger partial charge in [-0.1, -0.05) is 35.9 Å². The Balaban J connectivity index is 1.43. The molecule has 1 aromatic heterocycles. The number of benzene rings is 3. The van der Waals surface area contributed by atoms with Gasteiger partial charge in [0.2, 0.25) is 0 Å². The minimum atomic E-state index is -4.11. The molecule has 0 amide bonds. The van der Waals surface area contributed by atoms with E-state index >= 15 is 0 Å². The van der Waals surface area contributed by atoms with Crippen LogP contribution in [0.25, 0.3) is 5.69 Å². The number of nitro benzene ring substituents is 1. The lowest BCUT2D eigenvalue weighted by Gasteiger charge is -2.20. The zero-order valence-corrected chi connectivity index (χ0v) is 23.1. The van der Waals surface area contributed by atoms with E-state index in [-0.39, 0.29) is 16.3 Å². The van der Waals surface area contributed by atoms with Gasteiger partial charge in [0.25, 0.3) is 15.7 Å². The smallest absolute Gasteiger partial charge is 0.295 e. The molecule has 1 fully saturated rings. The Kier molecular flexibility index (Phi) is 7.71. The van der Waals surface area contributed by atoms with E-state index in [4.69, 9.17) is 16.7 Å². The fraction of sp³-hybridized carbons (Fsp3) is 0.185. The van der Waals surface area contributed by atoms with Gasteiger partial charge in [0.05, 0.1) is 38.7 Å². The van der Waals surface area contributed by atoms with Crippen LogP contribution in [0, 0.1) is 17.0 Å².